The van der Waals surface area contributed by atoms with E-state index in [1.54, 1.807) is 0 Å². The molecule has 0 N–H and O–H groups in total. The van der Waals surface area contributed by atoms with E-state index in [0.717, 1.165) is 22.2 Å². The lowest BCUT2D eigenvalue weighted by Crippen LogP contribution is -1.78. The third-order valence-electron chi connectivity index (χ3n) is 2.89. The molecule has 18 heavy (non-hydrogen) atoms. The highest BCUT2D eigenvalue weighted by Gasteiger charge is 2.10. The van der Waals surface area contributed by atoms with Crippen LogP contribution in [0.25, 0.3) is 22.6 Å². The first-order chi connectivity index (χ1) is 8.63. The van der Waals surface area contributed by atoms with Crippen LogP contribution in [0.4, 0.5) is 0 Å². The molecule has 0 aliphatic heterocycles. The lowest BCUT2D eigenvalue weighted by atomic mass is 10.1. The maximum absolute atomic E-state index is 5.88. The Morgan fingerprint density at radius 1 is 1.11 bits per heavy atom. The third-order valence-corrected chi connectivity index (χ3v) is 3.56. The molecular weight excluding hydrogens is 337 g/mol. The zero-order valence-corrected chi connectivity index (χ0v) is 12.4. The molecule has 0 aliphatic rings. The lowest BCUT2D eigenvalue weighted by Gasteiger charge is -1.96. The van der Waals surface area contributed by atoms with Gasteiger partial charge in [-0.15, -0.1) is 0 Å². The number of nitrogens with zero attached hydrogens (tertiary/aromatic N) is 1. The van der Waals surface area contributed by atoms with Crippen molar-refractivity contribution in [2.45, 2.75) is 13.8 Å². The van der Waals surface area contributed by atoms with Crippen LogP contribution in [0.2, 0.25) is 0 Å². The predicted molar refractivity (Wildman–Crippen MR) is 81.6 cm³/mol. The van der Waals surface area contributed by atoms with Crippen molar-refractivity contribution >= 4 is 33.7 Å². The van der Waals surface area contributed by atoms with Gasteiger partial charge >= 0.3 is 0 Å². The zero-order chi connectivity index (χ0) is 12.7. The summed E-state index contributed by atoms with van der Waals surface area (Å²) in [4.78, 5) is 4.58. The molecule has 0 radical (unpaired) electrons. The van der Waals surface area contributed by atoms with Crippen LogP contribution in [0.3, 0.4) is 0 Å². The van der Waals surface area contributed by atoms with Crippen LogP contribution in [0.15, 0.2) is 40.8 Å². The van der Waals surface area contributed by atoms with Crippen molar-refractivity contribution in [1.82, 2.24) is 4.98 Å². The van der Waals surface area contributed by atoms with E-state index >= 15 is 0 Å². The number of hydrogen-bond donors (Lipinski definition) is 0. The van der Waals surface area contributed by atoms with Gasteiger partial charge in [-0.2, -0.15) is 0 Å². The predicted octanol–water partition coefficient (Wildman–Crippen LogP) is 4.72. The van der Waals surface area contributed by atoms with Crippen molar-refractivity contribution in [2.24, 2.45) is 0 Å². The number of rotatable bonds is 1. The zero-order valence-electron chi connectivity index (χ0n) is 10.2. The minimum Gasteiger partial charge on any atom is -0.436 e. The van der Waals surface area contributed by atoms with E-state index < -0.39 is 0 Å². The van der Waals surface area contributed by atoms with Gasteiger partial charge in [0.1, 0.15) is 5.52 Å². The maximum atomic E-state index is 5.88. The smallest absolute Gasteiger partial charge is 0.227 e. The molecule has 0 amide bonds. The largest absolute Gasteiger partial charge is 0.436 e. The molecular formula is C15H12INO. The second-order valence-electron chi connectivity index (χ2n) is 4.46. The number of benzene rings is 2. The fraction of sp³-hybridized carbons (Fsp3) is 0.133. The molecule has 0 unspecified atom stereocenters. The molecule has 0 atom stereocenters. The summed E-state index contributed by atoms with van der Waals surface area (Å²) >= 11 is 2.29. The Labute approximate surface area is 119 Å². The molecule has 90 valence electrons. The minimum atomic E-state index is 0.692. The highest BCUT2D eigenvalue weighted by atomic mass is 127. The van der Waals surface area contributed by atoms with Crippen LogP contribution in [-0.4, -0.2) is 4.98 Å². The molecule has 0 aliphatic carbocycles. The van der Waals surface area contributed by atoms with Crippen molar-refractivity contribution in [2.75, 3.05) is 0 Å². The van der Waals surface area contributed by atoms with E-state index in [-0.39, 0.29) is 0 Å². The van der Waals surface area contributed by atoms with E-state index in [0.29, 0.717) is 5.89 Å². The van der Waals surface area contributed by atoms with Crippen molar-refractivity contribution in [3.8, 4) is 11.5 Å². The SMILES string of the molecule is Cc1cc(C)c2oc(-c3cccc(I)c3)nc2c1. The van der Waals surface area contributed by atoms with Gasteiger partial charge < -0.3 is 4.42 Å². The maximum Gasteiger partial charge on any atom is 0.227 e. The first-order valence-electron chi connectivity index (χ1n) is 5.77. The van der Waals surface area contributed by atoms with Crippen molar-refractivity contribution in [1.29, 1.82) is 0 Å². The summed E-state index contributed by atoms with van der Waals surface area (Å²) in [7, 11) is 0. The van der Waals surface area contributed by atoms with Crippen LogP contribution in [0, 0.1) is 17.4 Å². The molecule has 0 spiro atoms. The highest BCUT2D eigenvalue weighted by Crippen LogP contribution is 2.27. The number of fused-ring (bicyclic) bond motifs is 1. The minimum absolute atomic E-state index is 0.692. The molecule has 2 aromatic carbocycles. The van der Waals surface area contributed by atoms with Crippen molar-refractivity contribution < 1.29 is 4.42 Å². The Kier molecular flexibility index (Phi) is 2.86. The van der Waals surface area contributed by atoms with Crippen LogP contribution in [0.1, 0.15) is 11.1 Å². The van der Waals surface area contributed by atoms with Crippen molar-refractivity contribution in [3.63, 3.8) is 0 Å². The standard InChI is InChI=1S/C15H12INO/c1-9-6-10(2)14-13(7-9)17-15(18-14)11-4-3-5-12(16)8-11/h3-8H,1-2H3. The Bertz CT molecular complexity index is 730. The second-order valence-corrected chi connectivity index (χ2v) is 5.71. The highest BCUT2D eigenvalue weighted by molar-refractivity contribution is 14.1. The fourth-order valence-electron chi connectivity index (χ4n) is 2.12. The average molecular weight is 349 g/mol. The summed E-state index contributed by atoms with van der Waals surface area (Å²) in [5.74, 6) is 0.692. The van der Waals surface area contributed by atoms with Crippen LogP contribution < -0.4 is 0 Å². The van der Waals surface area contributed by atoms with Gasteiger partial charge in [0.25, 0.3) is 0 Å². The van der Waals surface area contributed by atoms with Gasteiger partial charge in [-0.25, -0.2) is 4.98 Å². The topological polar surface area (TPSA) is 26.0 Å². The molecule has 1 heterocycles. The second kappa shape index (κ2) is 4.39. The van der Waals surface area contributed by atoms with Gasteiger partial charge in [0.2, 0.25) is 5.89 Å². The van der Waals surface area contributed by atoms with E-state index in [4.69, 9.17) is 4.42 Å². The molecule has 3 aromatic rings. The van der Waals surface area contributed by atoms with Gasteiger partial charge in [0, 0.05) is 9.13 Å². The Balaban J connectivity index is 2.22. The number of hydrogen-bond acceptors (Lipinski definition) is 2. The van der Waals surface area contributed by atoms with Crippen LogP contribution in [-0.2, 0) is 0 Å². The van der Waals surface area contributed by atoms with Crippen molar-refractivity contribution in [3.05, 3.63) is 51.1 Å². The normalized spacial score (nSPS) is 11.1. The molecule has 0 fully saturated rings. The quantitative estimate of drug-likeness (QED) is 0.595. The summed E-state index contributed by atoms with van der Waals surface area (Å²) in [5, 5.41) is 0. The lowest BCUT2D eigenvalue weighted by molar-refractivity contribution is 0.617. The summed E-state index contributed by atoms with van der Waals surface area (Å²) in [6, 6.07) is 12.4. The first-order valence-corrected chi connectivity index (χ1v) is 6.85. The van der Waals surface area contributed by atoms with Gasteiger partial charge in [0.05, 0.1) is 0 Å². The Morgan fingerprint density at radius 3 is 2.72 bits per heavy atom. The van der Waals surface area contributed by atoms with Crippen LogP contribution in [0.5, 0.6) is 0 Å². The first kappa shape index (κ1) is 11.7. The van der Waals surface area contributed by atoms with Gasteiger partial charge in [-0.3, -0.25) is 0 Å². The van der Waals surface area contributed by atoms with E-state index in [2.05, 4.69) is 65.7 Å². The van der Waals surface area contributed by atoms with Gasteiger partial charge in [-0.05, 0) is 71.8 Å². The summed E-state index contributed by atoms with van der Waals surface area (Å²) in [6.07, 6.45) is 0. The monoisotopic (exact) mass is 349 g/mol. The van der Waals surface area contributed by atoms with E-state index in [1.165, 1.54) is 9.13 Å². The van der Waals surface area contributed by atoms with Crippen LogP contribution >= 0.6 is 22.6 Å². The molecule has 3 heteroatoms. The molecule has 0 bridgehead atoms. The molecule has 3 rings (SSSR count). The summed E-state index contributed by atoms with van der Waals surface area (Å²) in [5.41, 5.74) is 5.18. The van der Waals surface area contributed by atoms with Gasteiger partial charge in [-0.1, -0.05) is 12.1 Å². The molecule has 2 nitrogen and oxygen atoms in total. The molecule has 0 saturated heterocycles. The molecule has 1 aromatic heterocycles. The number of oxazole rings is 1. The number of aromatic nitrogens is 1. The van der Waals surface area contributed by atoms with Gasteiger partial charge in [0.15, 0.2) is 5.58 Å². The summed E-state index contributed by atoms with van der Waals surface area (Å²) in [6.45, 7) is 4.13. The third kappa shape index (κ3) is 2.03. The molecule has 0 saturated carbocycles. The average Bonchev–Trinajstić information content (AvgIpc) is 2.73. The van der Waals surface area contributed by atoms with E-state index in [9.17, 15) is 0 Å². The fourth-order valence-corrected chi connectivity index (χ4v) is 2.66. The summed E-state index contributed by atoms with van der Waals surface area (Å²) < 4.78 is 7.06. The van der Waals surface area contributed by atoms with E-state index in [1.807, 2.05) is 12.1 Å². The Hall–Kier alpha value is -1.36. The number of halogens is 1. The number of aryl methyl sites for hydroxylation is 2. The Morgan fingerprint density at radius 2 is 1.94 bits per heavy atom.